The number of azo groups is 2. The highest BCUT2D eigenvalue weighted by Gasteiger charge is 2.16. The molecule has 16 heteroatoms. The van der Waals surface area contributed by atoms with Crippen LogP contribution < -0.4 is 14.8 Å². The number of H-pyrrole nitrogens is 2. The molecule has 3 N–H and O–H groups in total. The molecule has 42 heavy (non-hydrogen) atoms. The first-order valence-electron chi connectivity index (χ1n) is 12.2. The summed E-state index contributed by atoms with van der Waals surface area (Å²) in [6, 6.07) is 10.3. The normalized spacial score (nSPS) is 11.0. The molecular formula is C26H21Cl2N11O3. The fraction of sp³-hybridized carbons (Fsp3) is 0.192. The first kappa shape index (κ1) is 29.7. The number of rotatable bonds is 11. The van der Waals surface area contributed by atoms with Gasteiger partial charge in [0.1, 0.15) is 29.0 Å². The van der Waals surface area contributed by atoms with Crippen LogP contribution in [0.3, 0.4) is 0 Å². The molecule has 4 rings (SSSR count). The Kier molecular flexibility index (Phi) is 9.78. The summed E-state index contributed by atoms with van der Waals surface area (Å²) in [5.41, 5.74) is 2.14. The van der Waals surface area contributed by atoms with Crippen molar-refractivity contribution in [1.82, 2.24) is 20.4 Å². The van der Waals surface area contributed by atoms with Crippen molar-refractivity contribution in [3.8, 4) is 23.6 Å². The Morgan fingerprint density at radius 1 is 0.905 bits per heavy atom. The maximum absolute atomic E-state index is 11.9. The number of carbonyl (C=O) groups excluding carboxylic acids is 1. The molecule has 4 aromatic rings. The number of aromatic amines is 2. The van der Waals surface area contributed by atoms with E-state index in [2.05, 4.69) is 46.2 Å². The molecule has 212 valence electrons. The molecular weight excluding hydrogens is 585 g/mol. The molecule has 2 heterocycles. The average molecular weight is 606 g/mol. The van der Waals surface area contributed by atoms with Gasteiger partial charge in [0.25, 0.3) is 0 Å². The molecule has 0 saturated carbocycles. The quantitative estimate of drug-likeness (QED) is 0.153. The topological polar surface area (TPSA) is 202 Å². The summed E-state index contributed by atoms with van der Waals surface area (Å²) >= 11 is 13.0. The minimum atomic E-state index is -0.356. The second kappa shape index (κ2) is 13.8. The Morgan fingerprint density at radius 3 is 2.02 bits per heavy atom. The minimum Gasteiger partial charge on any atom is -0.492 e. The van der Waals surface area contributed by atoms with E-state index in [0.717, 1.165) is 0 Å². The molecule has 0 saturated heterocycles. The number of halogens is 2. The van der Waals surface area contributed by atoms with E-state index in [9.17, 15) is 4.79 Å². The van der Waals surface area contributed by atoms with Crippen molar-refractivity contribution in [2.24, 2.45) is 20.5 Å². The summed E-state index contributed by atoms with van der Waals surface area (Å²) in [4.78, 5) is 11.9. The lowest BCUT2D eigenvalue weighted by Gasteiger charge is -2.16. The molecule has 0 fully saturated rings. The molecule has 0 radical (unpaired) electrons. The third kappa shape index (κ3) is 7.25. The van der Waals surface area contributed by atoms with Crippen molar-refractivity contribution in [1.29, 1.82) is 10.5 Å². The van der Waals surface area contributed by atoms with Crippen LogP contribution in [0.2, 0.25) is 10.0 Å². The number of aromatic nitrogens is 4. The Bertz CT molecular complexity index is 1750. The summed E-state index contributed by atoms with van der Waals surface area (Å²) in [7, 11) is 0. The summed E-state index contributed by atoms with van der Waals surface area (Å²) in [6.45, 7) is 3.66. The lowest BCUT2D eigenvalue weighted by atomic mass is 10.1. The monoisotopic (exact) mass is 605 g/mol. The van der Waals surface area contributed by atoms with Crippen molar-refractivity contribution in [2.75, 3.05) is 18.5 Å². The van der Waals surface area contributed by atoms with Gasteiger partial charge in [0.15, 0.2) is 17.4 Å². The third-order valence-electron chi connectivity index (χ3n) is 5.36. The number of nitriles is 2. The highest BCUT2D eigenvalue weighted by Crippen LogP contribution is 2.39. The molecule has 0 bridgehead atoms. The van der Waals surface area contributed by atoms with E-state index < -0.39 is 0 Å². The van der Waals surface area contributed by atoms with Gasteiger partial charge in [-0.15, -0.1) is 20.5 Å². The molecule has 2 aromatic heterocycles. The number of hydrogen-bond donors (Lipinski definition) is 3. The van der Waals surface area contributed by atoms with Crippen molar-refractivity contribution in [2.45, 2.75) is 20.3 Å². The zero-order chi connectivity index (χ0) is 30.1. The number of hydrogen-bond acceptors (Lipinski definition) is 11. The summed E-state index contributed by atoms with van der Waals surface area (Å²) in [5.74, 6) is 0.709. The van der Waals surface area contributed by atoms with Crippen molar-refractivity contribution < 1.29 is 14.3 Å². The van der Waals surface area contributed by atoms with E-state index in [0.29, 0.717) is 40.7 Å². The first-order chi connectivity index (χ1) is 20.3. The summed E-state index contributed by atoms with van der Waals surface area (Å²) in [6.07, 6.45) is 3.00. The van der Waals surface area contributed by atoms with Gasteiger partial charge in [-0.25, -0.2) is 0 Å². The SMILES string of the molecule is CCOc1c(Cl)cc(N=Nc2[nH]ncc2C#N)cc1CCOc1c(Cl)cc(N=Nc2[nH]ncc2C#N)cc1NC(C)=O. The maximum atomic E-state index is 11.9. The Labute approximate surface area is 249 Å². The molecule has 0 unspecified atom stereocenters. The van der Waals surface area contributed by atoms with Gasteiger partial charge in [0, 0.05) is 18.9 Å². The van der Waals surface area contributed by atoms with Crippen LogP contribution in [0.1, 0.15) is 30.5 Å². The highest BCUT2D eigenvalue weighted by atomic mass is 35.5. The molecule has 0 aliphatic rings. The van der Waals surface area contributed by atoms with E-state index in [1.165, 1.54) is 31.5 Å². The zero-order valence-electron chi connectivity index (χ0n) is 22.1. The van der Waals surface area contributed by atoms with Gasteiger partial charge in [0.05, 0.1) is 52.7 Å². The highest BCUT2D eigenvalue weighted by molar-refractivity contribution is 6.33. The second-order valence-corrected chi connectivity index (χ2v) is 9.14. The molecule has 0 aliphatic carbocycles. The van der Waals surface area contributed by atoms with E-state index in [1.54, 1.807) is 12.1 Å². The van der Waals surface area contributed by atoms with Crippen LogP contribution in [-0.4, -0.2) is 39.5 Å². The number of anilines is 1. The van der Waals surface area contributed by atoms with Crippen LogP contribution in [-0.2, 0) is 11.2 Å². The fourth-order valence-corrected chi connectivity index (χ4v) is 4.16. The lowest BCUT2D eigenvalue weighted by Crippen LogP contribution is -2.10. The summed E-state index contributed by atoms with van der Waals surface area (Å²) < 4.78 is 11.7. The molecule has 14 nitrogen and oxygen atoms in total. The number of nitrogens with one attached hydrogen (secondary N) is 3. The first-order valence-corrected chi connectivity index (χ1v) is 13.0. The number of nitrogens with zero attached hydrogens (tertiary/aromatic N) is 8. The Balaban J connectivity index is 1.56. The molecule has 0 spiro atoms. The van der Waals surface area contributed by atoms with Crippen LogP contribution in [0.5, 0.6) is 11.5 Å². The maximum Gasteiger partial charge on any atom is 0.221 e. The van der Waals surface area contributed by atoms with Crippen LogP contribution in [0.25, 0.3) is 0 Å². The number of ether oxygens (including phenoxy) is 2. The van der Waals surface area contributed by atoms with Crippen LogP contribution in [0.4, 0.5) is 28.7 Å². The molecule has 0 aliphatic heterocycles. The average Bonchev–Trinajstić information content (AvgIpc) is 3.62. The third-order valence-corrected chi connectivity index (χ3v) is 5.92. The predicted octanol–water partition coefficient (Wildman–Crippen LogP) is 6.99. The van der Waals surface area contributed by atoms with Crippen LogP contribution >= 0.6 is 23.2 Å². The number of amides is 1. The Morgan fingerprint density at radius 2 is 1.48 bits per heavy atom. The van der Waals surface area contributed by atoms with Gasteiger partial charge in [-0.05, 0) is 31.2 Å². The van der Waals surface area contributed by atoms with Crippen LogP contribution in [0, 0.1) is 22.7 Å². The van der Waals surface area contributed by atoms with E-state index >= 15 is 0 Å². The Hall–Kier alpha value is -5.31. The second-order valence-electron chi connectivity index (χ2n) is 8.32. The van der Waals surface area contributed by atoms with Gasteiger partial charge in [-0.3, -0.25) is 15.0 Å². The molecule has 0 atom stereocenters. The standard InChI is InChI=1S/C26H21Cl2N11O3/c1-3-41-23-15(6-18(7-20(23)27)34-38-25-16(10-29)12-31-36-25)4-5-42-24-21(28)8-19(9-22(24)33-14(2)40)35-39-26-17(11-30)13-32-37-26/h6-9,12-13H,3-5H2,1-2H3,(H,31,36)(H,32,37)(H,33,40). The smallest absolute Gasteiger partial charge is 0.221 e. The van der Waals surface area contributed by atoms with E-state index in [-0.39, 0.29) is 51.7 Å². The van der Waals surface area contributed by atoms with Gasteiger partial charge in [0.2, 0.25) is 5.91 Å². The van der Waals surface area contributed by atoms with Gasteiger partial charge < -0.3 is 14.8 Å². The van der Waals surface area contributed by atoms with Gasteiger partial charge in [-0.1, -0.05) is 23.2 Å². The van der Waals surface area contributed by atoms with E-state index in [4.69, 9.17) is 43.2 Å². The number of carbonyl (C=O) groups is 1. The minimum absolute atomic E-state index is 0.114. The number of benzene rings is 2. The van der Waals surface area contributed by atoms with Gasteiger partial charge in [-0.2, -0.15) is 20.7 Å². The largest absolute Gasteiger partial charge is 0.492 e. The van der Waals surface area contributed by atoms with Crippen molar-refractivity contribution >= 4 is 57.8 Å². The lowest BCUT2D eigenvalue weighted by molar-refractivity contribution is -0.114. The molecule has 2 aromatic carbocycles. The van der Waals surface area contributed by atoms with Crippen molar-refractivity contribution in [3.63, 3.8) is 0 Å². The summed E-state index contributed by atoms with van der Waals surface area (Å²) in [5, 5.41) is 50.5. The van der Waals surface area contributed by atoms with E-state index in [1.807, 2.05) is 19.1 Å². The fourth-order valence-electron chi connectivity index (χ4n) is 3.60. The predicted molar refractivity (Wildman–Crippen MR) is 153 cm³/mol. The van der Waals surface area contributed by atoms with Crippen LogP contribution in [0.15, 0.2) is 57.1 Å². The zero-order valence-corrected chi connectivity index (χ0v) is 23.7. The molecule has 1 amide bonds. The van der Waals surface area contributed by atoms with Gasteiger partial charge >= 0.3 is 0 Å². The van der Waals surface area contributed by atoms with Crippen molar-refractivity contribution in [3.05, 3.63) is 63.4 Å².